The van der Waals surface area contributed by atoms with Gasteiger partial charge in [-0.05, 0) is 69.5 Å². The van der Waals surface area contributed by atoms with Crippen LogP contribution >= 0.6 is 27.5 Å². The van der Waals surface area contributed by atoms with Crippen molar-refractivity contribution in [2.45, 2.75) is 6.61 Å². The maximum atomic E-state index is 12.3. The molecule has 0 spiro atoms. The van der Waals surface area contributed by atoms with E-state index in [2.05, 4.69) is 26.5 Å². The third kappa shape index (κ3) is 5.15. The van der Waals surface area contributed by atoms with Crippen LogP contribution in [0.15, 0.2) is 64.2 Å². The summed E-state index contributed by atoms with van der Waals surface area (Å²) >= 11 is 9.43. The number of carbonyl (C=O) groups is 1. The first-order valence-electron chi connectivity index (χ1n) is 9.51. The smallest absolute Gasteiger partial charge is 0.271 e. The Labute approximate surface area is 198 Å². The Hall–Kier alpha value is -3.23. The molecule has 1 N–H and O–H groups in total. The van der Waals surface area contributed by atoms with Gasteiger partial charge in [0.25, 0.3) is 5.91 Å². The highest BCUT2D eigenvalue weighted by atomic mass is 79.9. The van der Waals surface area contributed by atoms with Crippen molar-refractivity contribution >= 4 is 39.7 Å². The van der Waals surface area contributed by atoms with Gasteiger partial charge in [-0.2, -0.15) is 5.10 Å². The van der Waals surface area contributed by atoms with Gasteiger partial charge in [-0.15, -0.1) is 0 Å². The highest BCUT2D eigenvalue weighted by molar-refractivity contribution is 9.10. The zero-order chi connectivity index (χ0) is 22.5. The Bertz CT molecular complexity index is 1170. The molecule has 9 heteroatoms. The summed E-state index contributed by atoms with van der Waals surface area (Å²) in [6, 6.07) is 15.9. The molecule has 3 aromatic rings. The van der Waals surface area contributed by atoms with E-state index in [0.717, 1.165) is 5.56 Å². The van der Waals surface area contributed by atoms with Gasteiger partial charge in [0.1, 0.15) is 6.61 Å². The fourth-order valence-electron chi connectivity index (χ4n) is 2.96. The predicted molar refractivity (Wildman–Crippen MR) is 124 cm³/mol. The number of methoxy groups -OCH3 is 1. The Morgan fingerprint density at radius 3 is 2.72 bits per heavy atom. The molecule has 0 aromatic heterocycles. The van der Waals surface area contributed by atoms with Crippen molar-refractivity contribution < 1.29 is 23.7 Å². The third-order valence-corrected chi connectivity index (χ3v) is 5.40. The Morgan fingerprint density at radius 1 is 1.16 bits per heavy atom. The predicted octanol–water partition coefficient (Wildman–Crippen LogP) is 5.18. The summed E-state index contributed by atoms with van der Waals surface area (Å²) in [7, 11) is 1.55. The van der Waals surface area contributed by atoms with Gasteiger partial charge in [-0.3, -0.25) is 4.79 Å². The van der Waals surface area contributed by atoms with Crippen LogP contribution in [-0.4, -0.2) is 26.0 Å². The van der Waals surface area contributed by atoms with Crippen molar-refractivity contribution in [2.75, 3.05) is 13.9 Å². The van der Waals surface area contributed by atoms with E-state index in [-0.39, 0.29) is 12.7 Å². The molecule has 0 saturated carbocycles. The van der Waals surface area contributed by atoms with E-state index in [4.69, 9.17) is 30.5 Å². The van der Waals surface area contributed by atoms with Crippen molar-refractivity contribution in [1.29, 1.82) is 0 Å². The minimum Gasteiger partial charge on any atom is -0.493 e. The van der Waals surface area contributed by atoms with Gasteiger partial charge in [-0.1, -0.05) is 23.7 Å². The number of hydrogen-bond donors (Lipinski definition) is 1. The van der Waals surface area contributed by atoms with Crippen LogP contribution in [0.2, 0.25) is 5.02 Å². The maximum absolute atomic E-state index is 12.3. The number of carbonyl (C=O) groups excluding carboxylic acids is 1. The van der Waals surface area contributed by atoms with Gasteiger partial charge >= 0.3 is 0 Å². The average molecular weight is 518 g/mol. The molecule has 0 unspecified atom stereocenters. The molecule has 1 heterocycles. The number of amides is 1. The van der Waals surface area contributed by atoms with Crippen LogP contribution in [0, 0.1) is 0 Å². The summed E-state index contributed by atoms with van der Waals surface area (Å²) in [5.74, 6) is 1.86. The standard InChI is InChI=1S/C23H18BrClN2O5/c1-29-21-9-15(8-18(24)22(21)30-12-14-2-5-17(25)6-3-14)11-26-27-23(28)16-4-7-19-20(10-16)32-13-31-19/h2-11H,12-13H2,1H3,(H,27,28)/b26-11-. The second-order valence-electron chi connectivity index (χ2n) is 6.72. The molecule has 164 valence electrons. The number of hydrazone groups is 1. The van der Waals surface area contributed by atoms with Crippen LogP contribution in [0.4, 0.5) is 0 Å². The number of ether oxygens (including phenoxy) is 4. The lowest BCUT2D eigenvalue weighted by Gasteiger charge is -2.13. The van der Waals surface area contributed by atoms with E-state index in [0.29, 0.717) is 50.2 Å². The van der Waals surface area contributed by atoms with Crippen LogP contribution in [0.3, 0.4) is 0 Å². The lowest BCUT2D eigenvalue weighted by atomic mass is 10.2. The number of nitrogens with one attached hydrogen (secondary N) is 1. The summed E-state index contributed by atoms with van der Waals surface area (Å²) in [5.41, 5.74) is 4.59. The topological polar surface area (TPSA) is 78.4 Å². The monoisotopic (exact) mass is 516 g/mol. The fourth-order valence-corrected chi connectivity index (χ4v) is 3.66. The SMILES string of the molecule is COc1cc(/C=N\NC(=O)c2ccc3c(c2)OCO3)cc(Br)c1OCc1ccc(Cl)cc1. The first-order chi connectivity index (χ1) is 15.5. The Morgan fingerprint density at radius 2 is 1.94 bits per heavy atom. The Balaban J connectivity index is 1.42. The lowest BCUT2D eigenvalue weighted by Crippen LogP contribution is -2.17. The number of hydrogen-bond acceptors (Lipinski definition) is 6. The van der Waals surface area contributed by atoms with Crippen molar-refractivity contribution in [3.8, 4) is 23.0 Å². The molecule has 7 nitrogen and oxygen atoms in total. The molecule has 0 atom stereocenters. The van der Waals surface area contributed by atoms with E-state index in [1.165, 1.54) is 6.21 Å². The number of rotatable bonds is 7. The van der Waals surface area contributed by atoms with Gasteiger partial charge in [0.2, 0.25) is 6.79 Å². The lowest BCUT2D eigenvalue weighted by molar-refractivity contribution is 0.0954. The van der Waals surface area contributed by atoms with Gasteiger partial charge < -0.3 is 18.9 Å². The van der Waals surface area contributed by atoms with Gasteiger partial charge in [0, 0.05) is 10.6 Å². The minimum atomic E-state index is -0.367. The molecule has 0 saturated heterocycles. The molecule has 0 radical (unpaired) electrons. The molecule has 0 aliphatic carbocycles. The molecule has 4 rings (SSSR count). The number of benzene rings is 3. The van der Waals surface area contributed by atoms with E-state index < -0.39 is 0 Å². The number of fused-ring (bicyclic) bond motifs is 1. The molecule has 1 aliphatic heterocycles. The van der Waals surface area contributed by atoms with Gasteiger partial charge in [0.15, 0.2) is 23.0 Å². The minimum absolute atomic E-state index is 0.147. The highest BCUT2D eigenvalue weighted by Gasteiger charge is 2.16. The van der Waals surface area contributed by atoms with Crippen LogP contribution in [-0.2, 0) is 6.61 Å². The maximum Gasteiger partial charge on any atom is 0.271 e. The van der Waals surface area contributed by atoms with E-state index in [1.54, 1.807) is 31.4 Å². The fraction of sp³-hybridized carbons (Fsp3) is 0.130. The van der Waals surface area contributed by atoms with Crippen LogP contribution in [0.25, 0.3) is 0 Å². The highest BCUT2D eigenvalue weighted by Crippen LogP contribution is 2.37. The number of halogens is 2. The molecular formula is C23H18BrClN2O5. The van der Waals surface area contributed by atoms with Crippen molar-refractivity contribution in [3.63, 3.8) is 0 Å². The van der Waals surface area contributed by atoms with Crippen molar-refractivity contribution in [1.82, 2.24) is 5.43 Å². The molecule has 0 bridgehead atoms. The van der Waals surface area contributed by atoms with Crippen molar-refractivity contribution in [2.24, 2.45) is 5.10 Å². The van der Waals surface area contributed by atoms with Crippen molar-refractivity contribution in [3.05, 3.63) is 80.8 Å². The second kappa shape index (κ2) is 9.93. The van der Waals surface area contributed by atoms with Gasteiger partial charge in [0.05, 0.1) is 17.8 Å². The normalized spacial score (nSPS) is 12.1. The van der Waals surface area contributed by atoms with E-state index >= 15 is 0 Å². The first kappa shape index (κ1) is 22.0. The molecule has 3 aromatic carbocycles. The van der Waals surface area contributed by atoms with E-state index in [1.807, 2.05) is 30.3 Å². The quantitative estimate of drug-likeness (QED) is 0.345. The number of nitrogens with zero attached hydrogens (tertiary/aromatic N) is 1. The zero-order valence-electron chi connectivity index (χ0n) is 16.9. The zero-order valence-corrected chi connectivity index (χ0v) is 19.3. The Kier molecular flexibility index (Phi) is 6.82. The molecule has 0 fully saturated rings. The largest absolute Gasteiger partial charge is 0.493 e. The summed E-state index contributed by atoms with van der Waals surface area (Å²) in [4.78, 5) is 12.3. The molecular weight excluding hydrogens is 500 g/mol. The van der Waals surface area contributed by atoms with Gasteiger partial charge in [-0.25, -0.2) is 5.43 Å². The molecule has 32 heavy (non-hydrogen) atoms. The van der Waals surface area contributed by atoms with Crippen LogP contribution < -0.4 is 24.4 Å². The van der Waals surface area contributed by atoms with Crippen LogP contribution in [0.5, 0.6) is 23.0 Å². The average Bonchev–Trinajstić information content (AvgIpc) is 3.27. The summed E-state index contributed by atoms with van der Waals surface area (Å²) in [6.07, 6.45) is 1.52. The van der Waals surface area contributed by atoms with E-state index in [9.17, 15) is 4.79 Å². The first-order valence-corrected chi connectivity index (χ1v) is 10.7. The second-order valence-corrected chi connectivity index (χ2v) is 8.01. The third-order valence-electron chi connectivity index (χ3n) is 4.56. The van der Waals surface area contributed by atoms with Crippen LogP contribution in [0.1, 0.15) is 21.5 Å². The molecule has 1 aliphatic rings. The summed E-state index contributed by atoms with van der Waals surface area (Å²) in [6.45, 7) is 0.500. The summed E-state index contributed by atoms with van der Waals surface area (Å²) < 4.78 is 22.6. The molecule has 1 amide bonds. The summed E-state index contributed by atoms with van der Waals surface area (Å²) in [5, 5.41) is 4.70.